The lowest BCUT2D eigenvalue weighted by atomic mass is 9.68. The Morgan fingerprint density at radius 1 is 0.929 bits per heavy atom. The molecular formula is C33H27ClN2O4S2. The Morgan fingerprint density at radius 2 is 1.64 bits per heavy atom. The van der Waals surface area contributed by atoms with Crippen LogP contribution in [0.5, 0.6) is 5.75 Å². The SMILES string of the molecule is Cc1ccccc1COc1ccc([C@H]2c3sc(=O)[nH]c3SC3C4CC(C5C(=O)N(c6ccc(Cl)cc6)C(=O)C45)C32)cc1. The molecule has 212 valence electrons. The average molecular weight is 615 g/mol. The number of aryl methyl sites for hydroxylation is 1. The van der Waals surface area contributed by atoms with Gasteiger partial charge in [-0.05, 0) is 84.2 Å². The van der Waals surface area contributed by atoms with Crippen LogP contribution in [0, 0.1) is 36.5 Å². The highest BCUT2D eigenvalue weighted by molar-refractivity contribution is 8.00. The van der Waals surface area contributed by atoms with Gasteiger partial charge in [0, 0.05) is 21.1 Å². The zero-order chi connectivity index (χ0) is 28.7. The molecule has 0 spiro atoms. The van der Waals surface area contributed by atoms with Gasteiger partial charge in [-0.15, -0.1) is 11.8 Å². The van der Waals surface area contributed by atoms with E-state index in [1.807, 2.05) is 24.3 Å². The molecule has 9 heteroatoms. The van der Waals surface area contributed by atoms with E-state index in [9.17, 15) is 14.4 Å². The molecule has 6 nitrogen and oxygen atoms in total. The number of H-pyrrole nitrogens is 1. The quantitative estimate of drug-likeness (QED) is 0.255. The van der Waals surface area contributed by atoms with Crippen molar-refractivity contribution >= 4 is 52.2 Å². The van der Waals surface area contributed by atoms with Crippen molar-refractivity contribution in [2.75, 3.05) is 4.90 Å². The summed E-state index contributed by atoms with van der Waals surface area (Å²) in [6.07, 6.45) is 0.858. The lowest BCUT2D eigenvalue weighted by Gasteiger charge is -2.43. The number of thioether (sulfide) groups is 1. The molecule has 3 aromatic carbocycles. The fourth-order valence-corrected chi connectivity index (χ4v) is 11.0. The molecular weight excluding hydrogens is 588 g/mol. The van der Waals surface area contributed by atoms with Gasteiger partial charge in [-0.2, -0.15) is 0 Å². The van der Waals surface area contributed by atoms with Crippen molar-refractivity contribution in [2.45, 2.75) is 36.1 Å². The average Bonchev–Trinajstić information content (AvgIpc) is 3.72. The molecule has 1 N–H and O–H groups in total. The van der Waals surface area contributed by atoms with Crippen LogP contribution in [0.4, 0.5) is 5.69 Å². The Kier molecular flexibility index (Phi) is 6.18. The smallest absolute Gasteiger partial charge is 0.305 e. The van der Waals surface area contributed by atoms with Crippen LogP contribution in [0.1, 0.15) is 33.9 Å². The molecule has 4 aromatic rings. The summed E-state index contributed by atoms with van der Waals surface area (Å²) in [5.74, 6) is 0.204. The summed E-state index contributed by atoms with van der Waals surface area (Å²) in [7, 11) is 0. The van der Waals surface area contributed by atoms with E-state index in [1.54, 1.807) is 36.0 Å². The van der Waals surface area contributed by atoms with Crippen LogP contribution < -0.4 is 14.5 Å². The number of aromatic amines is 1. The molecule has 42 heavy (non-hydrogen) atoms. The van der Waals surface area contributed by atoms with E-state index in [0.29, 0.717) is 17.3 Å². The largest absolute Gasteiger partial charge is 0.489 e. The Bertz CT molecular complexity index is 1780. The van der Waals surface area contributed by atoms with Crippen LogP contribution in [0.15, 0.2) is 82.6 Å². The first-order valence-corrected chi connectivity index (χ1v) is 16.3. The number of halogens is 1. The number of ether oxygens (including phenoxy) is 1. The summed E-state index contributed by atoms with van der Waals surface area (Å²) in [6.45, 7) is 2.57. The second kappa shape index (κ2) is 9.86. The summed E-state index contributed by atoms with van der Waals surface area (Å²) in [5, 5.41) is 1.62. The molecule has 2 amide bonds. The van der Waals surface area contributed by atoms with Crippen LogP contribution in [0.3, 0.4) is 0 Å². The molecule has 4 aliphatic rings. The van der Waals surface area contributed by atoms with E-state index >= 15 is 0 Å². The van der Waals surface area contributed by atoms with Gasteiger partial charge in [0.2, 0.25) is 11.8 Å². The van der Waals surface area contributed by atoms with Gasteiger partial charge in [-0.1, -0.05) is 59.3 Å². The van der Waals surface area contributed by atoms with E-state index in [1.165, 1.54) is 21.8 Å². The van der Waals surface area contributed by atoms with Crippen molar-refractivity contribution in [3.05, 3.63) is 109 Å². The summed E-state index contributed by atoms with van der Waals surface area (Å²) in [6, 6.07) is 23.3. The van der Waals surface area contributed by atoms with E-state index < -0.39 is 0 Å². The number of hydrogen-bond acceptors (Lipinski definition) is 6. The van der Waals surface area contributed by atoms with E-state index in [2.05, 4.69) is 36.2 Å². The lowest BCUT2D eigenvalue weighted by molar-refractivity contribution is -0.123. The minimum absolute atomic E-state index is 0.0240. The van der Waals surface area contributed by atoms with Gasteiger partial charge in [0.25, 0.3) is 0 Å². The maximum atomic E-state index is 13.9. The Balaban J connectivity index is 1.12. The first-order valence-electron chi connectivity index (χ1n) is 14.2. The van der Waals surface area contributed by atoms with Crippen LogP contribution in [0.2, 0.25) is 5.02 Å². The molecule has 1 saturated heterocycles. The van der Waals surface area contributed by atoms with Crippen molar-refractivity contribution in [3.8, 4) is 5.75 Å². The van der Waals surface area contributed by atoms with Gasteiger partial charge in [0.1, 0.15) is 12.4 Å². The summed E-state index contributed by atoms with van der Waals surface area (Å²) < 4.78 is 6.12. The number of benzene rings is 3. The zero-order valence-corrected chi connectivity index (χ0v) is 25.0. The molecule has 2 bridgehead atoms. The van der Waals surface area contributed by atoms with Crippen LogP contribution in [-0.2, 0) is 16.2 Å². The molecule has 2 aliphatic carbocycles. The van der Waals surface area contributed by atoms with Crippen LogP contribution in [0.25, 0.3) is 0 Å². The van der Waals surface area contributed by atoms with Gasteiger partial charge in [0.05, 0.1) is 22.5 Å². The van der Waals surface area contributed by atoms with Crippen LogP contribution >= 0.6 is 34.7 Å². The molecule has 3 heterocycles. The Morgan fingerprint density at radius 3 is 2.38 bits per heavy atom. The minimum Gasteiger partial charge on any atom is -0.489 e. The number of nitrogens with one attached hydrogen (secondary N) is 1. The fraction of sp³-hybridized carbons (Fsp3) is 0.303. The summed E-state index contributed by atoms with van der Waals surface area (Å²) in [5.41, 5.74) is 4.04. The number of rotatable bonds is 5. The fourth-order valence-electron chi connectivity index (χ4n) is 7.94. The standard InChI is InChI=1S/C33H27ClN2O4S2/c1-16-4-2-3-5-18(16)15-40-21-12-6-17(7-13-21)24-25-22-14-23(28(25)41-30-29(24)42-33(39)35-30)27-26(22)31(37)36(32(27)38)20-10-8-19(34)9-11-20/h2-13,22-28H,14-15H2,1H3,(H,35,39)/t22?,23?,24-,25?,26?,27?,28?/m1/s1. The van der Waals surface area contributed by atoms with Gasteiger partial charge >= 0.3 is 4.87 Å². The van der Waals surface area contributed by atoms with Gasteiger partial charge in [-0.25, -0.2) is 0 Å². The van der Waals surface area contributed by atoms with Crippen molar-refractivity contribution in [1.29, 1.82) is 0 Å². The van der Waals surface area contributed by atoms with Crippen molar-refractivity contribution in [1.82, 2.24) is 4.98 Å². The van der Waals surface area contributed by atoms with E-state index in [4.69, 9.17) is 16.3 Å². The first-order chi connectivity index (χ1) is 20.4. The topological polar surface area (TPSA) is 79.5 Å². The van der Waals surface area contributed by atoms with Crippen molar-refractivity contribution in [2.24, 2.45) is 29.6 Å². The number of hydrogen-bond donors (Lipinski definition) is 1. The van der Waals surface area contributed by atoms with Crippen molar-refractivity contribution in [3.63, 3.8) is 0 Å². The Hall–Kier alpha value is -3.33. The molecule has 8 rings (SSSR count). The monoisotopic (exact) mass is 614 g/mol. The number of anilines is 1. The molecule has 1 aromatic heterocycles. The minimum atomic E-state index is -0.337. The normalized spacial score (nSPS) is 29.0. The number of imide groups is 1. The summed E-state index contributed by atoms with van der Waals surface area (Å²) in [4.78, 5) is 45.6. The third-order valence-electron chi connectivity index (χ3n) is 9.70. The number of carbonyl (C=O) groups is 2. The molecule has 2 aliphatic heterocycles. The molecule has 2 saturated carbocycles. The van der Waals surface area contributed by atoms with Crippen LogP contribution in [-0.4, -0.2) is 22.0 Å². The predicted octanol–water partition coefficient (Wildman–Crippen LogP) is 6.66. The molecule has 3 fully saturated rings. The van der Waals surface area contributed by atoms with Gasteiger partial charge in [-0.3, -0.25) is 19.3 Å². The van der Waals surface area contributed by atoms with Gasteiger partial charge in [0.15, 0.2) is 0 Å². The highest BCUT2D eigenvalue weighted by Crippen LogP contribution is 2.68. The number of fused-ring (bicyclic) bond motifs is 9. The summed E-state index contributed by atoms with van der Waals surface area (Å²) >= 11 is 9.06. The number of thiazole rings is 1. The maximum Gasteiger partial charge on any atom is 0.305 e. The second-order valence-corrected chi connectivity index (χ2v) is 14.4. The molecule has 0 radical (unpaired) electrons. The number of nitrogens with zero attached hydrogens (tertiary/aromatic N) is 1. The van der Waals surface area contributed by atoms with E-state index in [0.717, 1.165) is 33.2 Å². The lowest BCUT2D eigenvalue weighted by Crippen LogP contribution is -2.42. The third-order valence-corrected chi connectivity index (χ3v) is 12.5. The number of amides is 2. The molecule has 6 unspecified atom stereocenters. The zero-order valence-electron chi connectivity index (χ0n) is 22.7. The predicted molar refractivity (Wildman–Crippen MR) is 164 cm³/mol. The van der Waals surface area contributed by atoms with Crippen molar-refractivity contribution < 1.29 is 14.3 Å². The van der Waals surface area contributed by atoms with Gasteiger partial charge < -0.3 is 9.72 Å². The highest BCUT2D eigenvalue weighted by atomic mass is 35.5. The van der Waals surface area contributed by atoms with E-state index in [-0.39, 0.29) is 57.4 Å². The molecule has 7 atom stereocenters. The number of carbonyl (C=O) groups excluding carboxylic acids is 2. The first kappa shape index (κ1) is 26.3. The highest BCUT2D eigenvalue weighted by Gasteiger charge is 2.69. The maximum absolute atomic E-state index is 13.9. The third kappa shape index (κ3) is 3.95. The Labute approximate surface area is 256 Å². The number of aromatic nitrogens is 1. The second-order valence-electron chi connectivity index (χ2n) is 11.7.